The van der Waals surface area contributed by atoms with Crippen molar-refractivity contribution in [3.05, 3.63) is 35.1 Å². The molecule has 0 bridgehead atoms. The van der Waals surface area contributed by atoms with Gasteiger partial charge in [-0.05, 0) is 30.9 Å². The highest BCUT2D eigenvalue weighted by Crippen LogP contribution is 2.21. The third kappa shape index (κ3) is 5.93. The van der Waals surface area contributed by atoms with Crippen LogP contribution >= 0.6 is 0 Å². The molecule has 1 aliphatic heterocycles. The molecule has 1 aromatic carbocycles. The zero-order valence-corrected chi connectivity index (χ0v) is 16.2. The van der Waals surface area contributed by atoms with Crippen LogP contribution in [0.2, 0.25) is 0 Å². The fourth-order valence-electron chi connectivity index (χ4n) is 3.49. The molecule has 7 nitrogen and oxygen atoms in total. The normalized spacial score (nSPS) is 17.1. The van der Waals surface area contributed by atoms with Crippen LogP contribution < -0.4 is 5.73 Å². The summed E-state index contributed by atoms with van der Waals surface area (Å²) in [6, 6.07) is 0.190. The number of likely N-dealkylation sites (tertiary alicyclic amines) is 1. The number of hydrogen-bond donors (Lipinski definition) is 2. The number of carbonyl (C=O) groups excluding carboxylic acids is 2. The highest BCUT2D eigenvalue weighted by Gasteiger charge is 2.32. The quantitative estimate of drug-likeness (QED) is 0.502. The first-order valence-electron chi connectivity index (χ1n) is 9.27. The van der Waals surface area contributed by atoms with Gasteiger partial charge in [-0.2, -0.15) is 0 Å². The van der Waals surface area contributed by atoms with E-state index in [1.165, 1.54) is 12.0 Å². The van der Waals surface area contributed by atoms with Gasteiger partial charge in [-0.15, -0.1) is 0 Å². The first-order valence-corrected chi connectivity index (χ1v) is 9.27. The summed E-state index contributed by atoms with van der Waals surface area (Å²) < 4.78 is 44.9. The number of ether oxygens (including phenoxy) is 1. The number of benzene rings is 1. The summed E-state index contributed by atoms with van der Waals surface area (Å²) in [7, 11) is 1.24. The number of nitrogens with one attached hydrogen (secondary N) is 1. The van der Waals surface area contributed by atoms with Gasteiger partial charge in [0.05, 0.1) is 13.7 Å². The number of carbonyl (C=O) groups is 2. The van der Waals surface area contributed by atoms with Crippen molar-refractivity contribution >= 4 is 18.2 Å². The van der Waals surface area contributed by atoms with Gasteiger partial charge in [0.2, 0.25) is 5.91 Å². The Morgan fingerprint density at radius 3 is 2.69 bits per heavy atom. The van der Waals surface area contributed by atoms with Crippen LogP contribution in [0.25, 0.3) is 0 Å². The predicted molar refractivity (Wildman–Crippen MR) is 100 cm³/mol. The highest BCUT2D eigenvalue weighted by atomic mass is 19.2. The highest BCUT2D eigenvalue weighted by molar-refractivity contribution is 5.78. The van der Waals surface area contributed by atoms with Crippen molar-refractivity contribution in [3.8, 4) is 0 Å². The largest absolute Gasteiger partial charge is 0.453 e. The third-order valence-corrected chi connectivity index (χ3v) is 4.88. The lowest BCUT2D eigenvalue weighted by Crippen LogP contribution is -2.47. The Hall–Kier alpha value is -2.62. The summed E-state index contributed by atoms with van der Waals surface area (Å²) in [4.78, 5) is 27.4. The maximum atomic E-state index is 13.8. The Morgan fingerprint density at radius 2 is 2.03 bits per heavy atom. The van der Waals surface area contributed by atoms with E-state index in [1.54, 1.807) is 4.90 Å². The minimum atomic E-state index is -1.28. The molecular formula is C19H25F3N4O3. The molecule has 0 radical (unpaired) electrons. The average Bonchev–Trinajstić information content (AvgIpc) is 3.13. The molecule has 2 rings (SSSR count). The van der Waals surface area contributed by atoms with Crippen molar-refractivity contribution in [2.75, 3.05) is 26.7 Å². The van der Waals surface area contributed by atoms with Crippen molar-refractivity contribution in [2.45, 2.75) is 37.8 Å². The summed E-state index contributed by atoms with van der Waals surface area (Å²) in [6.07, 6.45) is 1.71. The van der Waals surface area contributed by atoms with Crippen LogP contribution in [0.15, 0.2) is 12.1 Å². The van der Waals surface area contributed by atoms with Gasteiger partial charge < -0.3 is 25.7 Å². The van der Waals surface area contributed by atoms with Crippen LogP contribution in [0, 0.1) is 22.9 Å². The van der Waals surface area contributed by atoms with Gasteiger partial charge in [-0.25, -0.2) is 18.0 Å². The van der Waals surface area contributed by atoms with Gasteiger partial charge >= 0.3 is 6.09 Å². The minimum absolute atomic E-state index is 0.0696. The lowest BCUT2D eigenvalue weighted by Gasteiger charge is -2.30. The molecule has 0 saturated carbocycles. The van der Waals surface area contributed by atoms with E-state index in [4.69, 9.17) is 15.9 Å². The summed E-state index contributed by atoms with van der Waals surface area (Å²) in [5.41, 5.74) is 5.86. The summed E-state index contributed by atoms with van der Waals surface area (Å²) >= 11 is 0. The van der Waals surface area contributed by atoms with Crippen LogP contribution in [0.3, 0.4) is 0 Å². The molecule has 1 aliphatic rings. The maximum absolute atomic E-state index is 13.8. The standard InChI is InChI=1S/C19H25F3N4O3/c1-29-19(28)25(6-4-23)11-14-3-2-5-26(14)18(27)9-13(24)7-12-8-16(21)17(22)10-15(12)20/h4,8,10,13-14,23H,2-3,5-7,9,11,24H2,1H3/t13-,14+/m1/s1. The molecule has 3 N–H and O–H groups in total. The molecule has 0 aromatic heterocycles. The molecule has 1 fully saturated rings. The van der Waals surface area contributed by atoms with Gasteiger partial charge in [0, 0.05) is 43.9 Å². The SMILES string of the molecule is COC(=O)N(CC=N)C[C@@H]1CCCN1C(=O)C[C@H](N)Cc1cc(F)c(F)cc1F. The number of methoxy groups -OCH3 is 1. The Balaban J connectivity index is 1.98. The first kappa shape index (κ1) is 22.7. The van der Waals surface area contributed by atoms with E-state index in [0.29, 0.717) is 19.0 Å². The van der Waals surface area contributed by atoms with E-state index in [2.05, 4.69) is 0 Å². The Morgan fingerprint density at radius 1 is 1.34 bits per heavy atom. The number of rotatable bonds is 8. The van der Waals surface area contributed by atoms with E-state index >= 15 is 0 Å². The van der Waals surface area contributed by atoms with Crippen LogP contribution in [-0.2, 0) is 16.0 Å². The average molecular weight is 414 g/mol. The second-order valence-corrected chi connectivity index (χ2v) is 6.99. The molecule has 10 heteroatoms. The number of amides is 2. The van der Waals surface area contributed by atoms with Crippen molar-refractivity contribution in [1.29, 1.82) is 5.41 Å². The Bertz CT molecular complexity index is 762. The molecule has 0 unspecified atom stereocenters. The number of hydrogen-bond acceptors (Lipinski definition) is 5. The van der Waals surface area contributed by atoms with Gasteiger partial charge in [-0.1, -0.05) is 0 Å². The van der Waals surface area contributed by atoms with E-state index in [-0.39, 0.29) is 43.4 Å². The fraction of sp³-hybridized carbons (Fsp3) is 0.526. The molecule has 1 heterocycles. The van der Waals surface area contributed by atoms with E-state index < -0.39 is 29.6 Å². The monoisotopic (exact) mass is 414 g/mol. The molecule has 1 saturated heterocycles. The number of nitrogens with two attached hydrogens (primary N) is 1. The molecule has 2 amide bonds. The fourth-order valence-corrected chi connectivity index (χ4v) is 3.49. The van der Waals surface area contributed by atoms with E-state index in [9.17, 15) is 22.8 Å². The summed E-state index contributed by atoms with van der Waals surface area (Å²) in [6.45, 7) is 0.788. The second-order valence-electron chi connectivity index (χ2n) is 6.99. The van der Waals surface area contributed by atoms with Crippen molar-refractivity contribution in [2.24, 2.45) is 5.73 Å². The topological polar surface area (TPSA) is 99.7 Å². The van der Waals surface area contributed by atoms with Crippen LogP contribution in [0.4, 0.5) is 18.0 Å². The predicted octanol–water partition coefficient (Wildman–Crippen LogP) is 2.07. The van der Waals surface area contributed by atoms with E-state index in [1.807, 2.05) is 0 Å². The van der Waals surface area contributed by atoms with Crippen molar-refractivity contribution in [3.63, 3.8) is 0 Å². The molecule has 0 spiro atoms. The lowest BCUT2D eigenvalue weighted by molar-refractivity contribution is -0.132. The van der Waals surface area contributed by atoms with Gasteiger partial charge in [-0.3, -0.25) is 4.79 Å². The van der Waals surface area contributed by atoms with E-state index in [0.717, 1.165) is 18.7 Å². The van der Waals surface area contributed by atoms with Crippen LogP contribution in [-0.4, -0.2) is 66.8 Å². The summed E-state index contributed by atoms with van der Waals surface area (Å²) in [5, 5.41) is 7.20. The second kappa shape index (κ2) is 10.2. The number of halogens is 3. The number of nitrogens with zero attached hydrogens (tertiary/aromatic N) is 2. The minimum Gasteiger partial charge on any atom is -0.453 e. The molecular weight excluding hydrogens is 389 g/mol. The third-order valence-electron chi connectivity index (χ3n) is 4.88. The Labute approximate surface area is 167 Å². The van der Waals surface area contributed by atoms with Crippen molar-refractivity contribution < 1.29 is 27.5 Å². The van der Waals surface area contributed by atoms with Crippen LogP contribution in [0.1, 0.15) is 24.8 Å². The lowest BCUT2D eigenvalue weighted by atomic mass is 10.0. The first-order chi connectivity index (χ1) is 13.8. The molecule has 29 heavy (non-hydrogen) atoms. The summed E-state index contributed by atoms with van der Waals surface area (Å²) in [5.74, 6) is -3.63. The molecule has 1 aromatic rings. The van der Waals surface area contributed by atoms with Gasteiger partial charge in [0.1, 0.15) is 5.82 Å². The molecule has 2 atom stereocenters. The molecule has 160 valence electrons. The maximum Gasteiger partial charge on any atom is 0.409 e. The molecule has 0 aliphatic carbocycles. The zero-order chi connectivity index (χ0) is 21.6. The van der Waals surface area contributed by atoms with Crippen LogP contribution in [0.5, 0.6) is 0 Å². The van der Waals surface area contributed by atoms with Gasteiger partial charge in [0.25, 0.3) is 0 Å². The van der Waals surface area contributed by atoms with Crippen molar-refractivity contribution in [1.82, 2.24) is 9.80 Å². The smallest absolute Gasteiger partial charge is 0.409 e. The zero-order valence-electron chi connectivity index (χ0n) is 16.2. The van der Waals surface area contributed by atoms with Gasteiger partial charge in [0.15, 0.2) is 11.6 Å². The Kier molecular flexibility index (Phi) is 8.00.